The van der Waals surface area contributed by atoms with Crippen LogP contribution in [-0.4, -0.2) is 16.8 Å². The molecule has 0 amide bonds. The van der Waals surface area contributed by atoms with Crippen molar-refractivity contribution in [2.75, 3.05) is 11.9 Å². The second kappa shape index (κ2) is 4.96. The SMILES string of the molecule is CC(Nc1ccc2c(c1)CCO2)c1cc(O)ccc1O. The van der Waals surface area contributed by atoms with E-state index < -0.39 is 0 Å². The summed E-state index contributed by atoms with van der Waals surface area (Å²) in [5, 5.41) is 22.7. The average Bonchev–Trinajstić information content (AvgIpc) is 2.89. The van der Waals surface area contributed by atoms with Gasteiger partial charge >= 0.3 is 0 Å². The van der Waals surface area contributed by atoms with Gasteiger partial charge in [-0.2, -0.15) is 0 Å². The van der Waals surface area contributed by atoms with E-state index in [1.165, 1.54) is 17.7 Å². The predicted octanol–water partition coefficient (Wildman–Crippen LogP) is 3.21. The van der Waals surface area contributed by atoms with Crippen LogP contribution >= 0.6 is 0 Å². The number of nitrogens with one attached hydrogen (secondary N) is 1. The van der Waals surface area contributed by atoms with Crippen LogP contribution in [0, 0.1) is 0 Å². The molecule has 2 aromatic rings. The van der Waals surface area contributed by atoms with Crippen molar-refractivity contribution >= 4 is 5.69 Å². The fourth-order valence-electron chi connectivity index (χ4n) is 2.49. The molecule has 1 atom stereocenters. The van der Waals surface area contributed by atoms with E-state index in [1.807, 2.05) is 19.1 Å². The van der Waals surface area contributed by atoms with Gasteiger partial charge in [-0.3, -0.25) is 0 Å². The molecule has 1 unspecified atom stereocenters. The normalized spacial score (nSPS) is 14.4. The molecular weight excluding hydrogens is 254 g/mol. The monoisotopic (exact) mass is 271 g/mol. The van der Waals surface area contributed by atoms with E-state index in [0.717, 1.165) is 24.5 Å². The quantitative estimate of drug-likeness (QED) is 0.750. The smallest absolute Gasteiger partial charge is 0.122 e. The Balaban J connectivity index is 1.82. The Morgan fingerprint density at radius 3 is 2.85 bits per heavy atom. The molecule has 1 aliphatic rings. The molecule has 3 N–H and O–H groups in total. The molecule has 0 bridgehead atoms. The van der Waals surface area contributed by atoms with Crippen molar-refractivity contribution in [3.8, 4) is 17.2 Å². The zero-order valence-corrected chi connectivity index (χ0v) is 11.3. The van der Waals surface area contributed by atoms with E-state index >= 15 is 0 Å². The van der Waals surface area contributed by atoms with Crippen LogP contribution in [0.3, 0.4) is 0 Å². The van der Waals surface area contributed by atoms with Crippen LogP contribution in [-0.2, 0) is 6.42 Å². The first-order valence-electron chi connectivity index (χ1n) is 6.67. The van der Waals surface area contributed by atoms with Crippen LogP contribution in [0.4, 0.5) is 5.69 Å². The number of benzene rings is 2. The maximum Gasteiger partial charge on any atom is 0.122 e. The fraction of sp³-hybridized carbons (Fsp3) is 0.250. The van der Waals surface area contributed by atoms with E-state index in [9.17, 15) is 10.2 Å². The highest BCUT2D eigenvalue weighted by Gasteiger charge is 2.15. The van der Waals surface area contributed by atoms with Gasteiger partial charge in [-0.15, -0.1) is 0 Å². The Morgan fingerprint density at radius 1 is 1.15 bits per heavy atom. The molecule has 20 heavy (non-hydrogen) atoms. The standard InChI is InChI=1S/C16H17NO3/c1-10(14-9-13(18)3-4-15(14)19)17-12-2-5-16-11(8-12)6-7-20-16/h2-5,8-10,17-19H,6-7H2,1H3. The largest absolute Gasteiger partial charge is 0.508 e. The molecule has 0 saturated carbocycles. The lowest BCUT2D eigenvalue weighted by Crippen LogP contribution is -2.07. The molecule has 0 saturated heterocycles. The van der Waals surface area contributed by atoms with Crippen LogP contribution in [0.15, 0.2) is 36.4 Å². The minimum Gasteiger partial charge on any atom is -0.508 e. The van der Waals surface area contributed by atoms with Gasteiger partial charge in [0.15, 0.2) is 0 Å². The molecule has 4 heteroatoms. The minimum absolute atomic E-state index is 0.109. The highest BCUT2D eigenvalue weighted by molar-refractivity contribution is 5.54. The number of hydrogen-bond donors (Lipinski definition) is 3. The van der Waals surface area contributed by atoms with Gasteiger partial charge in [-0.1, -0.05) is 0 Å². The molecule has 0 fully saturated rings. The number of aromatic hydroxyl groups is 2. The molecular formula is C16H17NO3. The van der Waals surface area contributed by atoms with E-state index in [1.54, 1.807) is 6.07 Å². The summed E-state index contributed by atoms with van der Waals surface area (Å²) in [6, 6.07) is 10.4. The Labute approximate surface area is 117 Å². The summed E-state index contributed by atoms with van der Waals surface area (Å²) < 4.78 is 5.48. The molecule has 2 aromatic carbocycles. The fourth-order valence-corrected chi connectivity index (χ4v) is 2.49. The zero-order valence-electron chi connectivity index (χ0n) is 11.3. The summed E-state index contributed by atoms with van der Waals surface area (Å²) in [4.78, 5) is 0. The number of fused-ring (bicyclic) bond motifs is 1. The zero-order chi connectivity index (χ0) is 14.1. The Hall–Kier alpha value is -2.36. The van der Waals surface area contributed by atoms with Crippen molar-refractivity contribution in [1.29, 1.82) is 0 Å². The van der Waals surface area contributed by atoms with Crippen LogP contribution in [0.25, 0.3) is 0 Å². The van der Waals surface area contributed by atoms with E-state index in [4.69, 9.17) is 4.74 Å². The van der Waals surface area contributed by atoms with Crippen molar-refractivity contribution in [3.63, 3.8) is 0 Å². The van der Waals surface area contributed by atoms with Crippen LogP contribution in [0.1, 0.15) is 24.1 Å². The molecule has 0 radical (unpaired) electrons. The molecule has 3 rings (SSSR count). The lowest BCUT2D eigenvalue weighted by Gasteiger charge is -2.17. The number of phenolic OH excluding ortho intramolecular Hbond substituents is 2. The summed E-state index contributed by atoms with van der Waals surface area (Å²) in [7, 11) is 0. The molecule has 104 valence electrons. The van der Waals surface area contributed by atoms with Gasteiger partial charge in [-0.25, -0.2) is 0 Å². The maximum atomic E-state index is 9.87. The van der Waals surface area contributed by atoms with Gasteiger partial charge in [0.1, 0.15) is 17.2 Å². The second-order valence-electron chi connectivity index (χ2n) is 5.03. The average molecular weight is 271 g/mol. The van der Waals surface area contributed by atoms with E-state index in [2.05, 4.69) is 11.4 Å². The summed E-state index contributed by atoms with van der Waals surface area (Å²) in [5.41, 5.74) is 2.84. The first-order chi connectivity index (χ1) is 9.63. The number of ether oxygens (including phenoxy) is 1. The first-order valence-corrected chi connectivity index (χ1v) is 6.67. The summed E-state index contributed by atoms with van der Waals surface area (Å²) in [5.74, 6) is 1.27. The highest BCUT2D eigenvalue weighted by atomic mass is 16.5. The van der Waals surface area contributed by atoms with Crippen molar-refractivity contribution in [1.82, 2.24) is 0 Å². The number of rotatable bonds is 3. The molecule has 4 nitrogen and oxygen atoms in total. The lowest BCUT2D eigenvalue weighted by atomic mass is 10.1. The number of hydrogen-bond acceptors (Lipinski definition) is 4. The molecule has 1 aliphatic heterocycles. The van der Waals surface area contributed by atoms with Gasteiger partial charge in [-0.05, 0) is 48.9 Å². The topological polar surface area (TPSA) is 61.7 Å². The third-order valence-corrected chi connectivity index (χ3v) is 3.55. The van der Waals surface area contributed by atoms with E-state index in [-0.39, 0.29) is 17.5 Å². The Morgan fingerprint density at radius 2 is 2.00 bits per heavy atom. The molecule has 0 aromatic heterocycles. The summed E-state index contributed by atoms with van der Waals surface area (Å²) in [6.45, 7) is 2.68. The maximum absolute atomic E-state index is 9.87. The van der Waals surface area contributed by atoms with Crippen molar-refractivity contribution in [3.05, 3.63) is 47.5 Å². The third kappa shape index (κ3) is 2.37. The third-order valence-electron chi connectivity index (χ3n) is 3.55. The molecule has 0 spiro atoms. The highest BCUT2D eigenvalue weighted by Crippen LogP contribution is 2.32. The minimum atomic E-state index is -0.109. The van der Waals surface area contributed by atoms with Gasteiger partial charge < -0.3 is 20.3 Å². The Bertz CT molecular complexity index is 640. The molecule has 1 heterocycles. The summed E-state index contributed by atoms with van der Waals surface area (Å²) >= 11 is 0. The van der Waals surface area contributed by atoms with Crippen LogP contribution < -0.4 is 10.1 Å². The second-order valence-corrected chi connectivity index (χ2v) is 5.03. The van der Waals surface area contributed by atoms with Crippen LogP contribution in [0.5, 0.6) is 17.2 Å². The van der Waals surface area contributed by atoms with Crippen LogP contribution in [0.2, 0.25) is 0 Å². The first kappa shape index (κ1) is 12.7. The predicted molar refractivity (Wildman–Crippen MR) is 77.5 cm³/mol. The van der Waals surface area contributed by atoms with Crippen molar-refractivity contribution in [2.45, 2.75) is 19.4 Å². The van der Waals surface area contributed by atoms with Gasteiger partial charge in [0, 0.05) is 17.7 Å². The lowest BCUT2D eigenvalue weighted by molar-refractivity contribution is 0.357. The van der Waals surface area contributed by atoms with Gasteiger partial charge in [0.2, 0.25) is 0 Å². The number of phenols is 2. The van der Waals surface area contributed by atoms with E-state index in [0.29, 0.717) is 5.56 Å². The number of anilines is 1. The summed E-state index contributed by atoms with van der Waals surface area (Å²) in [6.07, 6.45) is 0.927. The van der Waals surface area contributed by atoms with Crippen molar-refractivity contribution < 1.29 is 14.9 Å². The Kier molecular flexibility index (Phi) is 3.14. The van der Waals surface area contributed by atoms with Gasteiger partial charge in [0.25, 0.3) is 0 Å². The molecule has 0 aliphatic carbocycles. The van der Waals surface area contributed by atoms with Crippen molar-refractivity contribution in [2.24, 2.45) is 0 Å². The van der Waals surface area contributed by atoms with Gasteiger partial charge in [0.05, 0.1) is 12.6 Å².